The number of aromatic nitrogens is 5. The van der Waals surface area contributed by atoms with Crippen molar-refractivity contribution in [3.8, 4) is 11.5 Å². The Kier molecular flexibility index (Phi) is 7.32. The number of alkyl carbamates (subject to hydrolysis) is 1. The number of alkyl halides is 1. The third-order valence-electron chi connectivity index (χ3n) is 8.12. The van der Waals surface area contributed by atoms with Gasteiger partial charge in [0, 0.05) is 37.5 Å². The van der Waals surface area contributed by atoms with E-state index in [4.69, 9.17) is 14.7 Å². The van der Waals surface area contributed by atoms with Gasteiger partial charge in [-0.1, -0.05) is 6.07 Å². The summed E-state index contributed by atoms with van der Waals surface area (Å²) in [6, 6.07) is 7.35. The van der Waals surface area contributed by atoms with E-state index in [9.17, 15) is 14.0 Å². The molecular weight excluding hydrogens is 539 g/mol. The number of amides is 2. The fourth-order valence-corrected chi connectivity index (χ4v) is 6.08. The van der Waals surface area contributed by atoms with E-state index in [1.54, 1.807) is 11.0 Å². The van der Waals surface area contributed by atoms with E-state index in [0.717, 1.165) is 42.3 Å². The Morgan fingerprint density at radius 2 is 2.00 bits per heavy atom. The molecule has 2 atom stereocenters. The zero-order chi connectivity index (χ0) is 29.6. The number of anilines is 2. The Morgan fingerprint density at radius 3 is 2.74 bits per heavy atom. The lowest BCUT2D eigenvalue weighted by Gasteiger charge is -2.24. The van der Waals surface area contributed by atoms with Gasteiger partial charge in [-0.3, -0.25) is 9.69 Å². The molecule has 11 nitrogen and oxygen atoms in total. The van der Waals surface area contributed by atoms with Crippen molar-refractivity contribution in [2.45, 2.75) is 84.0 Å². The van der Waals surface area contributed by atoms with E-state index in [1.807, 2.05) is 43.5 Å². The molecule has 222 valence electrons. The highest BCUT2D eigenvalue weighted by Crippen LogP contribution is 2.35. The van der Waals surface area contributed by atoms with E-state index in [0.29, 0.717) is 61.3 Å². The molecule has 0 aromatic carbocycles. The number of ether oxygens (including phenoxy) is 1. The standard InChI is InChI=1S/C30H37FN8O3/c1-18-7-6-14-37(18)26-15-20-21(22(33-26)12-13-32-29(41)42-30(2,3)4)17-38(28(20)40)24-9-5-8-23(34-24)27-36-35-25-11-10-19(16-31)39(25)27/h5,8-9,15,18-19H,6-7,10-14,16-17H2,1-4H3,(H,32,41)/t18-,19-/m1/s1. The van der Waals surface area contributed by atoms with Crippen LogP contribution in [-0.2, 0) is 24.1 Å². The van der Waals surface area contributed by atoms with Crippen LogP contribution in [0.15, 0.2) is 24.3 Å². The van der Waals surface area contributed by atoms with E-state index in [-0.39, 0.29) is 11.9 Å². The number of pyridine rings is 2. The van der Waals surface area contributed by atoms with Crippen molar-refractivity contribution in [2.24, 2.45) is 0 Å². The minimum absolute atomic E-state index is 0.153. The fourth-order valence-electron chi connectivity index (χ4n) is 6.08. The molecule has 3 aromatic heterocycles. The van der Waals surface area contributed by atoms with E-state index < -0.39 is 18.4 Å². The van der Waals surface area contributed by atoms with Gasteiger partial charge in [0.15, 0.2) is 5.82 Å². The van der Waals surface area contributed by atoms with Crippen LogP contribution < -0.4 is 15.1 Å². The van der Waals surface area contributed by atoms with Gasteiger partial charge in [0.25, 0.3) is 5.91 Å². The highest BCUT2D eigenvalue weighted by atomic mass is 19.1. The third-order valence-corrected chi connectivity index (χ3v) is 8.12. The first-order valence-electron chi connectivity index (χ1n) is 14.7. The molecule has 3 aliphatic heterocycles. The molecule has 6 heterocycles. The third kappa shape index (κ3) is 5.30. The first-order chi connectivity index (χ1) is 20.1. The van der Waals surface area contributed by atoms with E-state index in [2.05, 4.69) is 27.3 Å². The topological polar surface area (TPSA) is 118 Å². The van der Waals surface area contributed by atoms with Crippen LogP contribution in [0, 0.1) is 0 Å². The fraction of sp³-hybridized carbons (Fsp3) is 0.533. The molecule has 0 radical (unpaired) electrons. The average Bonchev–Trinajstić information content (AvgIpc) is 3.72. The van der Waals surface area contributed by atoms with Gasteiger partial charge < -0.3 is 19.5 Å². The minimum atomic E-state index is -0.594. The number of halogens is 1. The number of hydrogen-bond acceptors (Lipinski definition) is 8. The lowest BCUT2D eigenvalue weighted by Crippen LogP contribution is -2.34. The second kappa shape index (κ2) is 11.0. The molecule has 1 N–H and O–H groups in total. The van der Waals surface area contributed by atoms with Crippen LogP contribution in [0.25, 0.3) is 11.5 Å². The summed E-state index contributed by atoms with van der Waals surface area (Å²) < 4.78 is 20.9. The highest BCUT2D eigenvalue weighted by molar-refractivity contribution is 6.10. The largest absolute Gasteiger partial charge is 0.444 e. The Labute approximate surface area is 244 Å². The van der Waals surface area contributed by atoms with Gasteiger partial charge >= 0.3 is 6.09 Å². The van der Waals surface area contributed by atoms with Crippen molar-refractivity contribution >= 4 is 23.6 Å². The maximum Gasteiger partial charge on any atom is 0.407 e. The molecule has 0 saturated carbocycles. The molecule has 0 unspecified atom stereocenters. The maximum absolute atomic E-state index is 13.9. The zero-order valence-electron chi connectivity index (χ0n) is 24.6. The predicted molar refractivity (Wildman–Crippen MR) is 155 cm³/mol. The molecule has 0 bridgehead atoms. The normalized spacial score (nSPS) is 19.8. The number of aryl methyl sites for hydroxylation is 1. The molecule has 1 fully saturated rings. The van der Waals surface area contributed by atoms with Gasteiger partial charge in [0.1, 0.15) is 35.4 Å². The van der Waals surface area contributed by atoms with Crippen LogP contribution in [0.3, 0.4) is 0 Å². The Hall–Kier alpha value is -4.09. The van der Waals surface area contributed by atoms with E-state index >= 15 is 0 Å². The summed E-state index contributed by atoms with van der Waals surface area (Å²) in [5, 5.41) is 11.4. The maximum atomic E-state index is 13.9. The van der Waals surface area contributed by atoms with Crippen molar-refractivity contribution in [1.29, 1.82) is 0 Å². The van der Waals surface area contributed by atoms with Crippen LogP contribution in [-0.4, -0.2) is 68.1 Å². The molecular formula is C30H37FN8O3. The number of nitrogens with one attached hydrogen (secondary N) is 1. The molecule has 1 saturated heterocycles. The molecule has 12 heteroatoms. The molecule has 6 rings (SSSR count). The van der Waals surface area contributed by atoms with Gasteiger partial charge in [-0.25, -0.2) is 19.2 Å². The number of hydrogen-bond donors (Lipinski definition) is 1. The summed E-state index contributed by atoms with van der Waals surface area (Å²) in [5.41, 5.74) is 2.14. The predicted octanol–water partition coefficient (Wildman–Crippen LogP) is 4.41. The molecule has 3 aliphatic rings. The van der Waals surface area contributed by atoms with Crippen molar-refractivity contribution in [3.05, 3.63) is 46.9 Å². The number of rotatable bonds is 7. The quantitative estimate of drug-likeness (QED) is 0.440. The Bertz CT molecular complexity index is 1520. The molecule has 3 aromatic rings. The van der Waals surface area contributed by atoms with Crippen molar-refractivity contribution in [1.82, 2.24) is 30.0 Å². The first-order valence-corrected chi connectivity index (χ1v) is 14.7. The second-order valence-electron chi connectivity index (χ2n) is 12.2. The van der Waals surface area contributed by atoms with Crippen LogP contribution >= 0.6 is 0 Å². The van der Waals surface area contributed by atoms with Gasteiger partial charge in [-0.05, 0) is 65.2 Å². The first kappa shape index (κ1) is 28.0. The minimum Gasteiger partial charge on any atom is -0.444 e. The Morgan fingerprint density at radius 1 is 1.17 bits per heavy atom. The average molecular weight is 577 g/mol. The molecule has 0 aliphatic carbocycles. The second-order valence-corrected chi connectivity index (χ2v) is 12.2. The summed E-state index contributed by atoms with van der Waals surface area (Å²) in [5.74, 6) is 2.37. The summed E-state index contributed by atoms with van der Waals surface area (Å²) in [7, 11) is 0. The van der Waals surface area contributed by atoms with E-state index in [1.165, 1.54) is 0 Å². The zero-order valence-corrected chi connectivity index (χ0v) is 24.6. The number of nitrogens with zero attached hydrogens (tertiary/aromatic N) is 7. The van der Waals surface area contributed by atoms with Crippen LogP contribution in [0.4, 0.5) is 20.8 Å². The Balaban J connectivity index is 1.29. The van der Waals surface area contributed by atoms with Gasteiger partial charge in [-0.15, -0.1) is 10.2 Å². The lowest BCUT2D eigenvalue weighted by molar-refractivity contribution is 0.0528. The molecule has 2 amide bonds. The van der Waals surface area contributed by atoms with Gasteiger partial charge in [-0.2, -0.15) is 0 Å². The van der Waals surface area contributed by atoms with Crippen LogP contribution in [0.1, 0.15) is 80.4 Å². The van der Waals surface area contributed by atoms with Crippen LogP contribution in [0.5, 0.6) is 0 Å². The lowest BCUT2D eigenvalue weighted by atomic mass is 10.1. The number of carbonyl (C=O) groups excluding carboxylic acids is 2. The summed E-state index contributed by atoms with van der Waals surface area (Å²) in [6.45, 7) is 8.65. The molecule has 0 spiro atoms. The summed E-state index contributed by atoms with van der Waals surface area (Å²) >= 11 is 0. The van der Waals surface area contributed by atoms with Gasteiger partial charge in [0.05, 0.1) is 23.8 Å². The highest BCUT2D eigenvalue weighted by Gasteiger charge is 2.35. The SMILES string of the molecule is C[C@@H]1CCCN1c1cc2c(c(CCNC(=O)OC(C)(C)C)n1)CN(c1cccc(-c3nnc4n3[C@@H](CF)CC4)n1)C2=O. The van der Waals surface area contributed by atoms with Gasteiger partial charge in [0.2, 0.25) is 0 Å². The summed E-state index contributed by atoms with van der Waals surface area (Å²) in [4.78, 5) is 39.8. The number of carbonyl (C=O) groups is 2. The summed E-state index contributed by atoms with van der Waals surface area (Å²) in [6.07, 6.45) is 3.46. The van der Waals surface area contributed by atoms with Crippen molar-refractivity contribution in [2.75, 3.05) is 29.6 Å². The monoisotopic (exact) mass is 576 g/mol. The van der Waals surface area contributed by atoms with Crippen LogP contribution in [0.2, 0.25) is 0 Å². The number of fused-ring (bicyclic) bond motifs is 2. The smallest absolute Gasteiger partial charge is 0.407 e. The van der Waals surface area contributed by atoms with Crippen molar-refractivity contribution in [3.63, 3.8) is 0 Å². The molecule has 42 heavy (non-hydrogen) atoms. The van der Waals surface area contributed by atoms with Crippen molar-refractivity contribution < 1.29 is 18.7 Å².